The normalized spacial score (nSPS) is 11.7. The molecule has 2 N–H and O–H groups in total. The largest absolute Gasteiger partial charge is 0.462 e. The van der Waals surface area contributed by atoms with Crippen LogP contribution in [0, 0.1) is 0 Å². The Hall–Kier alpha value is -2.11. The number of hydrogen-bond acceptors (Lipinski definition) is 5. The second-order valence-electron chi connectivity index (χ2n) is 4.77. The summed E-state index contributed by atoms with van der Waals surface area (Å²) in [6, 6.07) is 3.32. The molecular formula is C11H14N4O2. The van der Waals surface area contributed by atoms with Gasteiger partial charge in [0, 0.05) is 5.41 Å². The van der Waals surface area contributed by atoms with Gasteiger partial charge in [-0.05, 0) is 12.1 Å². The van der Waals surface area contributed by atoms with E-state index < -0.39 is 5.56 Å². The van der Waals surface area contributed by atoms with Crippen LogP contribution < -0.4 is 11.4 Å². The fraction of sp³-hybridized carbons (Fsp3) is 0.364. The van der Waals surface area contributed by atoms with Crippen LogP contribution in [0.2, 0.25) is 0 Å². The van der Waals surface area contributed by atoms with Gasteiger partial charge < -0.3 is 10.3 Å². The Labute approximate surface area is 98.1 Å². The van der Waals surface area contributed by atoms with E-state index in [2.05, 4.69) is 10.2 Å². The summed E-state index contributed by atoms with van der Waals surface area (Å²) < 4.78 is 6.13. The van der Waals surface area contributed by atoms with Crippen LogP contribution in [-0.4, -0.2) is 14.9 Å². The van der Waals surface area contributed by atoms with Gasteiger partial charge in [0.05, 0.1) is 6.26 Å². The number of nitrogens with zero attached hydrogens (tertiary/aromatic N) is 3. The molecule has 0 fully saturated rings. The van der Waals surface area contributed by atoms with Crippen LogP contribution >= 0.6 is 0 Å². The Morgan fingerprint density at radius 2 is 2.06 bits per heavy atom. The molecule has 17 heavy (non-hydrogen) atoms. The smallest absolute Gasteiger partial charge is 0.302 e. The van der Waals surface area contributed by atoms with Crippen LogP contribution in [-0.2, 0) is 5.41 Å². The minimum Gasteiger partial charge on any atom is -0.462 e. The summed E-state index contributed by atoms with van der Waals surface area (Å²) in [5.41, 5.74) is -0.645. The lowest BCUT2D eigenvalue weighted by atomic mass is 9.96. The molecule has 2 aromatic heterocycles. The van der Waals surface area contributed by atoms with Gasteiger partial charge in [-0.15, -0.1) is 10.2 Å². The zero-order valence-electron chi connectivity index (χ0n) is 9.97. The molecule has 2 rings (SSSR count). The lowest BCUT2D eigenvalue weighted by Gasteiger charge is -2.19. The maximum absolute atomic E-state index is 12.0. The molecule has 0 radical (unpaired) electrons. The molecule has 90 valence electrons. The van der Waals surface area contributed by atoms with E-state index in [1.807, 2.05) is 20.8 Å². The average Bonchev–Trinajstić information content (AvgIpc) is 2.73. The van der Waals surface area contributed by atoms with E-state index in [1.54, 1.807) is 12.1 Å². The van der Waals surface area contributed by atoms with Crippen molar-refractivity contribution in [2.24, 2.45) is 0 Å². The summed E-state index contributed by atoms with van der Waals surface area (Å²) in [5, 5.41) is 7.89. The van der Waals surface area contributed by atoms with E-state index in [0.29, 0.717) is 11.6 Å². The van der Waals surface area contributed by atoms with E-state index in [9.17, 15) is 4.79 Å². The van der Waals surface area contributed by atoms with E-state index in [4.69, 9.17) is 10.3 Å². The highest BCUT2D eigenvalue weighted by Crippen LogP contribution is 2.18. The lowest BCUT2D eigenvalue weighted by Crippen LogP contribution is -2.38. The summed E-state index contributed by atoms with van der Waals surface area (Å²) in [7, 11) is 0. The Balaban J connectivity index is 2.63. The maximum atomic E-state index is 12.0. The van der Waals surface area contributed by atoms with E-state index in [-0.39, 0.29) is 11.1 Å². The molecule has 0 spiro atoms. The number of furan rings is 1. The molecule has 6 nitrogen and oxygen atoms in total. The first-order chi connectivity index (χ1) is 7.91. The Kier molecular flexibility index (Phi) is 2.49. The number of rotatable bonds is 1. The highest BCUT2D eigenvalue weighted by atomic mass is 16.3. The summed E-state index contributed by atoms with van der Waals surface area (Å²) in [6.45, 7) is 5.73. The minimum atomic E-state index is -0.417. The van der Waals surface area contributed by atoms with Crippen molar-refractivity contribution in [1.29, 1.82) is 0 Å². The van der Waals surface area contributed by atoms with Crippen LogP contribution in [0.1, 0.15) is 26.6 Å². The maximum Gasteiger partial charge on any atom is 0.302 e. The van der Waals surface area contributed by atoms with Crippen molar-refractivity contribution >= 4 is 0 Å². The third kappa shape index (κ3) is 1.93. The highest BCUT2D eigenvalue weighted by molar-refractivity contribution is 5.49. The molecular weight excluding hydrogens is 220 g/mol. The van der Waals surface area contributed by atoms with Gasteiger partial charge in [0.15, 0.2) is 17.3 Å². The molecule has 6 heteroatoms. The van der Waals surface area contributed by atoms with Gasteiger partial charge in [0.1, 0.15) is 0 Å². The monoisotopic (exact) mass is 234 g/mol. The molecule has 0 unspecified atom stereocenters. The fourth-order valence-corrected chi connectivity index (χ4v) is 1.48. The van der Waals surface area contributed by atoms with Gasteiger partial charge in [-0.1, -0.05) is 20.8 Å². The average molecular weight is 234 g/mol. The number of hydrogen-bond donors (Lipinski definition) is 1. The van der Waals surface area contributed by atoms with Crippen molar-refractivity contribution in [1.82, 2.24) is 14.9 Å². The predicted octanol–water partition coefficient (Wildman–Crippen LogP) is 0.910. The number of nitrogen functional groups attached to an aromatic ring is 1. The first-order valence-corrected chi connectivity index (χ1v) is 5.20. The second-order valence-corrected chi connectivity index (χ2v) is 4.77. The Bertz CT molecular complexity index is 579. The molecule has 0 aliphatic rings. The predicted molar refractivity (Wildman–Crippen MR) is 62.8 cm³/mol. The first kappa shape index (κ1) is 11.4. The first-order valence-electron chi connectivity index (χ1n) is 5.20. The van der Waals surface area contributed by atoms with Crippen molar-refractivity contribution in [3.63, 3.8) is 0 Å². The molecule has 2 heterocycles. The minimum absolute atomic E-state index is 0.116. The molecule has 0 atom stereocenters. The summed E-state index contributed by atoms with van der Waals surface area (Å²) in [5.74, 6) is 6.53. The summed E-state index contributed by atoms with van der Waals surface area (Å²) >= 11 is 0. The third-order valence-electron chi connectivity index (χ3n) is 2.32. The molecule has 2 aromatic rings. The zero-order valence-corrected chi connectivity index (χ0v) is 9.97. The van der Waals surface area contributed by atoms with Crippen LogP contribution in [0.25, 0.3) is 11.5 Å². The van der Waals surface area contributed by atoms with Crippen LogP contribution in [0.4, 0.5) is 0 Å². The summed E-state index contributed by atoms with van der Waals surface area (Å²) in [6.07, 6.45) is 1.47. The SMILES string of the molecule is CC(C)(C)c1nnc(-c2ccco2)c(=O)n1N. The van der Waals surface area contributed by atoms with Gasteiger partial charge >= 0.3 is 5.56 Å². The molecule has 0 saturated carbocycles. The molecule has 0 aromatic carbocycles. The van der Waals surface area contributed by atoms with E-state index >= 15 is 0 Å². The van der Waals surface area contributed by atoms with Gasteiger partial charge in [-0.3, -0.25) is 4.79 Å². The fourth-order valence-electron chi connectivity index (χ4n) is 1.48. The second kappa shape index (κ2) is 3.73. The van der Waals surface area contributed by atoms with Crippen LogP contribution in [0.3, 0.4) is 0 Å². The van der Waals surface area contributed by atoms with E-state index in [1.165, 1.54) is 6.26 Å². The van der Waals surface area contributed by atoms with Crippen molar-refractivity contribution in [2.45, 2.75) is 26.2 Å². The van der Waals surface area contributed by atoms with Crippen LogP contribution in [0.5, 0.6) is 0 Å². The van der Waals surface area contributed by atoms with Gasteiger partial charge in [-0.25, -0.2) is 4.68 Å². The zero-order chi connectivity index (χ0) is 12.6. The van der Waals surface area contributed by atoms with Crippen molar-refractivity contribution in [3.8, 4) is 11.5 Å². The van der Waals surface area contributed by atoms with Crippen LogP contribution in [0.15, 0.2) is 27.6 Å². The Morgan fingerprint density at radius 1 is 1.35 bits per heavy atom. The van der Waals surface area contributed by atoms with Crippen molar-refractivity contribution < 1.29 is 4.42 Å². The van der Waals surface area contributed by atoms with Gasteiger partial charge in [-0.2, -0.15) is 0 Å². The molecule has 0 aliphatic carbocycles. The molecule has 0 saturated heterocycles. The summed E-state index contributed by atoms with van der Waals surface area (Å²) in [4.78, 5) is 12.0. The molecule has 0 amide bonds. The lowest BCUT2D eigenvalue weighted by molar-refractivity contribution is 0.499. The molecule has 0 bridgehead atoms. The van der Waals surface area contributed by atoms with Crippen molar-refractivity contribution in [2.75, 3.05) is 5.84 Å². The standard InChI is InChI=1S/C11H14N4O2/c1-11(2,3)10-14-13-8(9(16)15(10)12)7-5-4-6-17-7/h4-6H,12H2,1-3H3. The highest BCUT2D eigenvalue weighted by Gasteiger charge is 2.23. The molecule has 0 aliphatic heterocycles. The number of aromatic nitrogens is 3. The van der Waals surface area contributed by atoms with Gasteiger partial charge in [0.2, 0.25) is 0 Å². The Morgan fingerprint density at radius 3 is 2.59 bits per heavy atom. The third-order valence-corrected chi connectivity index (χ3v) is 2.32. The topological polar surface area (TPSA) is 86.9 Å². The van der Waals surface area contributed by atoms with Crippen molar-refractivity contribution in [3.05, 3.63) is 34.6 Å². The quantitative estimate of drug-likeness (QED) is 0.741. The van der Waals surface area contributed by atoms with E-state index in [0.717, 1.165) is 4.68 Å². The van der Waals surface area contributed by atoms with Gasteiger partial charge in [0.25, 0.3) is 0 Å². The number of nitrogens with two attached hydrogens (primary N) is 1.